The predicted molar refractivity (Wildman–Crippen MR) is 129 cm³/mol. The number of halogens is 2. The summed E-state index contributed by atoms with van der Waals surface area (Å²) in [5.41, 5.74) is 2.31. The number of benzene rings is 2. The Balaban J connectivity index is 1.27. The zero-order chi connectivity index (χ0) is 21.4. The van der Waals surface area contributed by atoms with Crippen LogP contribution in [0.15, 0.2) is 40.9 Å². The molecule has 0 amide bonds. The largest absolute Gasteiger partial charge is 0.490 e. The first kappa shape index (κ1) is 21.6. The molecule has 0 unspecified atom stereocenters. The Labute approximate surface area is 199 Å². The molecule has 3 nitrogen and oxygen atoms in total. The Morgan fingerprint density at radius 2 is 1.58 bits per heavy atom. The first-order valence-corrected chi connectivity index (χ1v) is 12.8. The van der Waals surface area contributed by atoms with Crippen LogP contribution in [0, 0.1) is 23.7 Å². The first-order valence-electron chi connectivity index (χ1n) is 11.6. The highest BCUT2D eigenvalue weighted by Gasteiger charge is 2.47. The fourth-order valence-electron chi connectivity index (χ4n) is 6.32. The topological polar surface area (TPSA) is 30.5 Å². The van der Waals surface area contributed by atoms with Crippen molar-refractivity contribution in [1.82, 2.24) is 5.32 Å². The van der Waals surface area contributed by atoms with E-state index in [0.29, 0.717) is 19.3 Å². The Hall–Kier alpha value is -1.23. The molecule has 2 aromatic carbocycles. The summed E-state index contributed by atoms with van der Waals surface area (Å²) < 4.78 is 13.1. The third-order valence-corrected chi connectivity index (χ3v) is 8.47. The van der Waals surface area contributed by atoms with Gasteiger partial charge < -0.3 is 14.8 Å². The summed E-state index contributed by atoms with van der Waals surface area (Å²) in [4.78, 5) is 0. The van der Waals surface area contributed by atoms with E-state index < -0.39 is 0 Å². The van der Waals surface area contributed by atoms with Crippen molar-refractivity contribution in [3.63, 3.8) is 0 Å². The zero-order valence-electron chi connectivity index (χ0n) is 18.1. The molecule has 4 saturated carbocycles. The average Bonchev–Trinajstić information content (AvgIpc) is 2.75. The molecular weight excluding hydrogens is 474 g/mol. The van der Waals surface area contributed by atoms with Crippen LogP contribution in [0.3, 0.4) is 0 Å². The van der Waals surface area contributed by atoms with Gasteiger partial charge in [-0.05, 0) is 98.1 Å². The molecule has 2 aromatic rings. The first-order chi connectivity index (χ1) is 15.1. The van der Waals surface area contributed by atoms with Gasteiger partial charge in [0.05, 0.1) is 6.61 Å². The van der Waals surface area contributed by atoms with Crippen molar-refractivity contribution in [3.05, 3.63) is 57.0 Å². The summed E-state index contributed by atoms with van der Waals surface area (Å²) in [5, 5.41) is 4.67. The normalized spacial score (nSPS) is 28.7. The maximum atomic E-state index is 6.10. The Bertz CT molecular complexity index is 888. The number of rotatable bonds is 8. The lowest BCUT2D eigenvalue weighted by Crippen LogP contribution is -2.54. The SMILES string of the molecule is CCOc1cc(CNC2C3CC4CC(C3)CC2C4)c(Br)cc1OCc1ccc(Cl)cc1. The molecule has 1 N–H and O–H groups in total. The van der Waals surface area contributed by atoms with Gasteiger partial charge in [0.1, 0.15) is 6.61 Å². The Morgan fingerprint density at radius 3 is 2.23 bits per heavy atom. The number of nitrogens with one attached hydrogen (secondary N) is 1. The average molecular weight is 505 g/mol. The summed E-state index contributed by atoms with van der Waals surface area (Å²) in [6.07, 6.45) is 7.25. The van der Waals surface area contributed by atoms with Crippen LogP contribution in [0.25, 0.3) is 0 Å². The molecule has 4 aliphatic carbocycles. The number of hydrogen-bond acceptors (Lipinski definition) is 3. The van der Waals surface area contributed by atoms with E-state index in [1.165, 1.54) is 37.7 Å². The predicted octanol–water partition coefficient (Wildman–Crippen LogP) is 6.99. The highest BCUT2D eigenvalue weighted by atomic mass is 79.9. The van der Waals surface area contributed by atoms with Gasteiger partial charge in [-0.1, -0.05) is 39.7 Å². The molecule has 5 heteroatoms. The van der Waals surface area contributed by atoms with Gasteiger partial charge in [0.15, 0.2) is 11.5 Å². The molecule has 0 aromatic heterocycles. The lowest BCUT2D eigenvalue weighted by atomic mass is 9.54. The molecule has 6 rings (SSSR count). The van der Waals surface area contributed by atoms with Crippen LogP contribution in [-0.2, 0) is 13.2 Å². The van der Waals surface area contributed by atoms with Crippen molar-refractivity contribution in [1.29, 1.82) is 0 Å². The van der Waals surface area contributed by atoms with Crippen LogP contribution in [-0.4, -0.2) is 12.6 Å². The summed E-state index contributed by atoms with van der Waals surface area (Å²) >= 11 is 9.76. The van der Waals surface area contributed by atoms with Crippen molar-refractivity contribution >= 4 is 27.5 Å². The monoisotopic (exact) mass is 503 g/mol. The van der Waals surface area contributed by atoms with Crippen molar-refractivity contribution in [2.45, 2.75) is 58.2 Å². The van der Waals surface area contributed by atoms with E-state index in [2.05, 4.69) is 33.4 Å². The molecule has 0 atom stereocenters. The third kappa shape index (κ3) is 4.77. The number of ether oxygens (including phenoxy) is 2. The van der Waals surface area contributed by atoms with Gasteiger partial charge in [0.2, 0.25) is 0 Å². The number of hydrogen-bond donors (Lipinski definition) is 1. The molecule has 0 heterocycles. The standard InChI is InChI=1S/C26H31BrClNO2/c1-2-30-24-12-21(14-29-26-19-8-17-7-18(10-19)11-20(26)9-17)23(27)13-25(24)31-15-16-3-5-22(28)6-4-16/h3-6,12-13,17-20,26,29H,2,7-11,14-15H2,1H3. The fourth-order valence-corrected chi connectivity index (χ4v) is 6.91. The molecule has 0 radical (unpaired) electrons. The van der Waals surface area contributed by atoms with E-state index in [0.717, 1.165) is 56.8 Å². The van der Waals surface area contributed by atoms with Gasteiger partial charge >= 0.3 is 0 Å². The van der Waals surface area contributed by atoms with Crippen molar-refractivity contribution in [2.24, 2.45) is 23.7 Å². The lowest BCUT2D eigenvalue weighted by molar-refractivity contribution is -0.0142. The highest BCUT2D eigenvalue weighted by molar-refractivity contribution is 9.10. The van der Waals surface area contributed by atoms with E-state index in [4.69, 9.17) is 21.1 Å². The second kappa shape index (κ2) is 9.33. The summed E-state index contributed by atoms with van der Waals surface area (Å²) in [6.45, 7) is 3.97. The van der Waals surface area contributed by atoms with Crippen LogP contribution in [0.1, 0.15) is 50.2 Å². The van der Waals surface area contributed by atoms with Crippen molar-refractivity contribution in [2.75, 3.05) is 6.61 Å². The fraction of sp³-hybridized carbons (Fsp3) is 0.538. The molecule has 4 fully saturated rings. The molecule has 31 heavy (non-hydrogen) atoms. The molecule has 4 bridgehead atoms. The van der Waals surface area contributed by atoms with Gasteiger partial charge in [-0.2, -0.15) is 0 Å². The quantitative estimate of drug-likeness (QED) is 0.420. The summed E-state index contributed by atoms with van der Waals surface area (Å²) in [7, 11) is 0. The van der Waals surface area contributed by atoms with Gasteiger partial charge in [0.25, 0.3) is 0 Å². The van der Waals surface area contributed by atoms with E-state index in [9.17, 15) is 0 Å². The molecule has 0 saturated heterocycles. The minimum atomic E-state index is 0.481. The smallest absolute Gasteiger partial charge is 0.162 e. The van der Waals surface area contributed by atoms with E-state index in [1.807, 2.05) is 31.2 Å². The van der Waals surface area contributed by atoms with Crippen LogP contribution < -0.4 is 14.8 Å². The van der Waals surface area contributed by atoms with Gasteiger partial charge in [-0.15, -0.1) is 0 Å². The van der Waals surface area contributed by atoms with Crippen LogP contribution in [0.4, 0.5) is 0 Å². The van der Waals surface area contributed by atoms with E-state index in [-0.39, 0.29) is 0 Å². The maximum Gasteiger partial charge on any atom is 0.162 e. The maximum absolute atomic E-state index is 6.10. The second-order valence-electron chi connectivity index (χ2n) is 9.58. The minimum absolute atomic E-state index is 0.481. The van der Waals surface area contributed by atoms with Gasteiger partial charge in [0, 0.05) is 22.1 Å². The summed E-state index contributed by atoms with van der Waals surface area (Å²) in [6, 6.07) is 12.6. The van der Waals surface area contributed by atoms with E-state index in [1.54, 1.807) is 0 Å². The summed E-state index contributed by atoms with van der Waals surface area (Å²) in [5.74, 6) is 5.35. The van der Waals surface area contributed by atoms with Crippen LogP contribution >= 0.6 is 27.5 Å². The van der Waals surface area contributed by atoms with Gasteiger partial charge in [-0.3, -0.25) is 0 Å². The molecule has 4 aliphatic rings. The van der Waals surface area contributed by atoms with Crippen molar-refractivity contribution in [3.8, 4) is 11.5 Å². The van der Waals surface area contributed by atoms with Crippen LogP contribution in [0.2, 0.25) is 5.02 Å². The zero-order valence-corrected chi connectivity index (χ0v) is 20.4. The minimum Gasteiger partial charge on any atom is -0.490 e. The lowest BCUT2D eigenvalue weighted by Gasteiger charge is -2.54. The molecular formula is C26H31BrClNO2. The Morgan fingerprint density at radius 1 is 0.935 bits per heavy atom. The molecule has 0 aliphatic heterocycles. The van der Waals surface area contributed by atoms with Crippen LogP contribution in [0.5, 0.6) is 11.5 Å². The van der Waals surface area contributed by atoms with Crippen molar-refractivity contribution < 1.29 is 9.47 Å². The molecule has 0 spiro atoms. The third-order valence-electron chi connectivity index (χ3n) is 7.48. The van der Waals surface area contributed by atoms with Gasteiger partial charge in [-0.25, -0.2) is 0 Å². The highest BCUT2D eigenvalue weighted by Crippen LogP contribution is 2.53. The molecule has 166 valence electrons. The second-order valence-corrected chi connectivity index (χ2v) is 10.9. The van der Waals surface area contributed by atoms with E-state index >= 15 is 0 Å². The Kier molecular flexibility index (Phi) is 6.50.